The Morgan fingerprint density at radius 2 is 1.82 bits per heavy atom. The molecule has 0 saturated heterocycles. The van der Waals surface area contributed by atoms with Crippen LogP contribution in [-0.4, -0.2) is 31.0 Å². The molecule has 1 aromatic heterocycles. The molecule has 1 rings (SSSR count). The summed E-state index contributed by atoms with van der Waals surface area (Å²) in [7, 11) is 0.742. The van der Waals surface area contributed by atoms with E-state index in [-0.39, 0.29) is 12.8 Å². The Labute approximate surface area is 119 Å². The van der Waals surface area contributed by atoms with Gasteiger partial charge in [0.1, 0.15) is 5.56 Å². The summed E-state index contributed by atoms with van der Waals surface area (Å²) in [6.45, 7) is 1.04. The summed E-state index contributed by atoms with van der Waals surface area (Å²) >= 11 is 0. The summed E-state index contributed by atoms with van der Waals surface area (Å²) in [6, 6.07) is 0. The number of pyridine rings is 1. The largest absolute Gasteiger partial charge is 0.573 e. The molecule has 0 aliphatic heterocycles. The molecular weight excluding hydrogens is 324 g/mol. The van der Waals surface area contributed by atoms with Crippen LogP contribution in [0.25, 0.3) is 0 Å². The van der Waals surface area contributed by atoms with Crippen LogP contribution in [0.1, 0.15) is 23.0 Å². The van der Waals surface area contributed by atoms with Crippen LogP contribution in [0.4, 0.5) is 26.3 Å². The first-order valence-corrected chi connectivity index (χ1v) is 5.58. The van der Waals surface area contributed by atoms with Crippen molar-refractivity contribution in [1.29, 1.82) is 0 Å². The van der Waals surface area contributed by atoms with E-state index in [1.807, 2.05) is 0 Å². The second kappa shape index (κ2) is 6.28. The number of ether oxygens (including phenoxy) is 3. The lowest BCUT2D eigenvalue weighted by Crippen LogP contribution is -2.22. The van der Waals surface area contributed by atoms with Crippen molar-refractivity contribution < 1.29 is 45.3 Å². The second-order valence-electron chi connectivity index (χ2n) is 3.65. The molecule has 124 valence electrons. The number of nitrogens with zero attached hydrogens (tertiary/aromatic N) is 1. The molecule has 0 aliphatic rings. The molecule has 0 unspecified atom stereocenters. The highest BCUT2D eigenvalue weighted by atomic mass is 19.4. The molecule has 0 aliphatic carbocycles. The fourth-order valence-corrected chi connectivity index (χ4v) is 1.48. The van der Waals surface area contributed by atoms with Gasteiger partial charge in [0.05, 0.1) is 19.9 Å². The SMILES string of the molecule is CCOC(=O)c1c(OC(F)(F)F)cnc(C(F)(F)F)c1OC. The summed E-state index contributed by atoms with van der Waals surface area (Å²) in [5.41, 5.74) is -2.82. The van der Waals surface area contributed by atoms with Crippen molar-refractivity contribution in [3.63, 3.8) is 0 Å². The number of carbonyl (C=O) groups is 1. The first kappa shape index (κ1) is 17.9. The quantitative estimate of drug-likeness (QED) is 0.626. The molecule has 0 atom stereocenters. The molecule has 1 aromatic rings. The third-order valence-corrected chi connectivity index (χ3v) is 2.18. The van der Waals surface area contributed by atoms with Gasteiger partial charge < -0.3 is 14.2 Å². The molecular formula is C11H9F6NO4. The van der Waals surface area contributed by atoms with Gasteiger partial charge in [0, 0.05) is 0 Å². The van der Waals surface area contributed by atoms with Gasteiger partial charge in [-0.1, -0.05) is 0 Å². The molecule has 0 N–H and O–H groups in total. The zero-order valence-corrected chi connectivity index (χ0v) is 11.1. The van der Waals surface area contributed by atoms with Crippen LogP contribution in [0, 0.1) is 0 Å². The van der Waals surface area contributed by atoms with Crippen molar-refractivity contribution in [2.24, 2.45) is 0 Å². The predicted molar refractivity (Wildman–Crippen MR) is 58.4 cm³/mol. The maximum absolute atomic E-state index is 12.8. The van der Waals surface area contributed by atoms with Gasteiger partial charge in [-0.3, -0.25) is 0 Å². The number of halogens is 6. The fourth-order valence-electron chi connectivity index (χ4n) is 1.48. The molecule has 0 amide bonds. The average Bonchev–Trinajstić information content (AvgIpc) is 2.34. The van der Waals surface area contributed by atoms with Crippen LogP contribution in [0.3, 0.4) is 0 Å². The summed E-state index contributed by atoms with van der Waals surface area (Å²) in [4.78, 5) is 14.5. The highest BCUT2D eigenvalue weighted by Gasteiger charge is 2.42. The third kappa shape index (κ3) is 4.15. The Morgan fingerprint density at radius 3 is 2.23 bits per heavy atom. The Balaban J connectivity index is 3.56. The van der Waals surface area contributed by atoms with E-state index in [1.54, 1.807) is 0 Å². The number of alkyl halides is 6. The van der Waals surface area contributed by atoms with Crippen molar-refractivity contribution in [2.75, 3.05) is 13.7 Å². The number of rotatable bonds is 4. The molecule has 5 nitrogen and oxygen atoms in total. The molecule has 1 heterocycles. The average molecular weight is 333 g/mol. The van der Waals surface area contributed by atoms with E-state index in [0.29, 0.717) is 0 Å². The second-order valence-corrected chi connectivity index (χ2v) is 3.65. The first-order chi connectivity index (χ1) is 10.0. The minimum Gasteiger partial charge on any atom is -0.493 e. The lowest BCUT2D eigenvalue weighted by atomic mass is 10.1. The van der Waals surface area contributed by atoms with Crippen LogP contribution in [0.2, 0.25) is 0 Å². The molecule has 0 aromatic carbocycles. The molecule has 22 heavy (non-hydrogen) atoms. The van der Waals surface area contributed by atoms with E-state index in [0.717, 1.165) is 7.11 Å². The predicted octanol–water partition coefficient (Wildman–Crippen LogP) is 3.18. The minimum absolute atomic E-state index is 0.130. The Morgan fingerprint density at radius 1 is 1.23 bits per heavy atom. The number of carbonyl (C=O) groups excluding carboxylic acids is 1. The molecule has 11 heteroatoms. The van der Waals surface area contributed by atoms with Gasteiger partial charge >= 0.3 is 18.5 Å². The van der Waals surface area contributed by atoms with E-state index < -0.39 is 41.3 Å². The summed E-state index contributed by atoms with van der Waals surface area (Å²) in [5, 5.41) is 0. The lowest BCUT2D eigenvalue weighted by Gasteiger charge is -2.18. The number of hydrogen-bond donors (Lipinski definition) is 0. The smallest absolute Gasteiger partial charge is 0.493 e. The Kier molecular flexibility index (Phi) is 5.09. The monoisotopic (exact) mass is 333 g/mol. The summed E-state index contributed by atoms with van der Waals surface area (Å²) < 4.78 is 87.5. The standard InChI is InChI=1S/C11H9F6NO4/c1-3-21-9(19)6-5(22-11(15,16)17)4-18-8(7(6)20-2)10(12,13)14/h4H,3H2,1-2H3. The van der Waals surface area contributed by atoms with Crippen molar-refractivity contribution >= 4 is 5.97 Å². The number of esters is 1. The number of hydrogen-bond acceptors (Lipinski definition) is 5. The van der Waals surface area contributed by atoms with E-state index in [2.05, 4.69) is 19.2 Å². The van der Waals surface area contributed by atoms with Gasteiger partial charge in [0.2, 0.25) is 0 Å². The normalized spacial score (nSPS) is 12.0. The summed E-state index contributed by atoms with van der Waals surface area (Å²) in [5.74, 6) is -3.94. The zero-order chi connectivity index (χ0) is 17.1. The fraction of sp³-hybridized carbons (Fsp3) is 0.455. The van der Waals surface area contributed by atoms with Crippen LogP contribution >= 0.6 is 0 Å². The highest BCUT2D eigenvalue weighted by Crippen LogP contribution is 2.41. The molecule has 0 bridgehead atoms. The van der Waals surface area contributed by atoms with Crippen molar-refractivity contribution in [3.05, 3.63) is 17.5 Å². The van der Waals surface area contributed by atoms with Gasteiger partial charge in [-0.2, -0.15) is 13.2 Å². The number of aromatic nitrogens is 1. The highest BCUT2D eigenvalue weighted by molar-refractivity contribution is 5.96. The van der Waals surface area contributed by atoms with Crippen LogP contribution in [-0.2, 0) is 10.9 Å². The van der Waals surface area contributed by atoms with Gasteiger partial charge in [0.15, 0.2) is 17.2 Å². The molecule has 0 fully saturated rings. The molecule has 0 saturated carbocycles. The van der Waals surface area contributed by atoms with Gasteiger partial charge in [-0.05, 0) is 6.92 Å². The van der Waals surface area contributed by atoms with E-state index in [4.69, 9.17) is 0 Å². The molecule has 0 radical (unpaired) electrons. The molecule has 0 spiro atoms. The third-order valence-electron chi connectivity index (χ3n) is 2.18. The lowest BCUT2D eigenvalue weighted by molar-refractivity contribution is -0.274. The van der Waals surface area contributed by atoms with Gasteiger partial charge in [0.25, 0.3) is 0 Å². The van der Waals surface area contributed by atoms with Crippen molar-refractivity contribution in [2.45, 2.75) is 19.5 Å². The number of methoxy groups -OCH3 is 1. The van der Waals surface area contributed by atoms with Crippen LogP contribution < -0.4 is 9.47 Å². The van der Waals surface area contributed by atoms with Gasteiger partial charge in [-0.25, -0.2) is 9.78 Å². The van der Waals surface area contributed by atoms with Crippen molar-refractivity contribution in [3.8, 4) is 11.5 Å². The minimum atomic E-state index is -5.24. The van der Waals surface area contributed by atoms with E-state index in [1.165, 1.54) is 6.92 Å². The van der Waals surface area contributed by atoms with Crippen LogP contribution in [0.5, 0.6) is 11.5 Å². The Hall–Kier alpha value is -2.20. The first-order valence-electron chi connectivity index (χ1n) is 5.58. The van der Waals surface area contributed by atoms with E-state index in [9.17, 15) is 31.1 Å². The summed E-state index contributed by atoms with van der Waals surface area (Å²) in [6.07, 6.45) is -10.2. The van der Waals surface area contributed by atoms with Crippen LogP contribution in [0.15, 0.2) is 6.20 Å². The van der Waals surface area contributed by atoms with Crippen molar-refractivity contribution in [1.82, 2.24) is 4.98 Å². The topological polar surface area (TPSA) is 57.7 Å². The van der Waals surface area contributed by atoms with E-state index >= 15 is 0 Å². The Bertz CT molecular complexity index is 555. The maximum atomic E-state index is 12.8. The zero-order valence-electron chi connectivity index (χ0n) is 11.1. The maximum Gasteiger partial charge on any atom is 0.573 e. The van der Waals surface area contributed by atoms with Gasteiger partial charge in [-0.15, -0.1) is 13.2 Å².